The lowest BCUT2D eigenvalue weighted by molar-refractivity contribution is 0.228. The van der Waals surface area contributed by atoms with Crippen LogP contribution in [0.15, 0.2) is 4.99 Å². The summed E-state index contributed by atoms with van der Waals surface area (Å²) in [6, 6.07) is 0. The smallest absolute Gasteiger partial charge is 0.188 e. The molecule has 6 nitrogen and oxygen atoms in total. The molecule has 0 bridgehead atoms. The van der Waals surface area contributed by atoms with E-state index in [1.165, 1.54) is 6.92 Å². The Balaban J connectivity index is 3.75. The topological polar surface area (TPSA) is 114 Å². The largest absolute Gasteiger partial charge is 0.750 e. The van der Waals surface area contributed by atoms with Crippen molar-refractivity contribution in [3.05, 3.63) is 0 Å². The first-order chi connectivity index (χ1) is 4.52. The summed E-state index contributed by atoms with van der Waals surface area (Å²) < 4.78 is 23.8. The molecule has 2 atom stereocenters. The molecular weight excluding hydrogens is 158 g/mol. The van der Waals surface area contributed by atoms with E-state index in [1.54, 1.807) is 0 Å². The molecule has 0 amide bonds. The lowest BCUT2D eigenvalue weighted by Crippen LogP contribution is -2.25. The standard InChI is InChI=1S/C3H9N3O3S/c1-2(6-3(4)5)9-10(7)8/h2H,1H3,(H,7,8)(H4,4,5,6)/p-1/t2-/m0/s1. The summed E-state index contributed by atoms with van der Waals surface area (Å²) in [5, 5.41) is 0. The van der Waals surface area contributed by atoms with E-state index in [2.05, 4.69) is 9.18 Å². The number of rotatable bonds is 3. The second-order valence-corrected chi connectivity index (χ2v) is 2.05. The van der Waals surface area contributed by atoms with Crippen molar-refractivity contribution < 1.29 is 12.9 Å². The van der Waals surface area contributed by atoms with Gasteiger partial charge in [0.15, 0.2) is 12.2 Å². The van der Waals surface area contributed by atoms with Crippen molar-refractivity contribution in [2.24, 2.45) is 16.5 Å². The Kier molecular flexibility index (Phi) is 3.93. The Bertz CT molecular complexity index is 155. The summed E-state index contributed by atoms with van der Waals surface area (Å²) in [6.45, 7) is 1.40. The van der Waals surface area contributed by atoms with Crippen molar-refractivity contribution in [1.29, 1.82) is 0 Å². The van der Waals surface area contributed by atoms with Crippen LogP contribution >= 0.6 is 0 Å². The van der Waals surface area contributed by atoms with Crippen molar-refractivity contribution in [1.82, 2.24) is 0 Å². The Morgan fingerprint density at radius 2 is 2.30 bits per heavy atom. The van der Waals surface area contributed by atoms with Crippen LogP contribution in [-0.2, 0) is 15.5 Å². The van der Waals surface area contributed by atoms with Crippen molar-refractivity contribution in [2.45, 2.75) is 13.2 Å². The molecule has 60 valence electrons. The molecule has 0 spiro atoms. The molecule has 0 aliphatic rings. The van der Waals surface area contributed by atoms with Gasteiger partial charge in [0.05, 0.1) is 11.4 Å². The Morgan fingerprint density at radius 3 is 2.60 bits per heavy atom. The van der Waals surface area contributed by atoms with E-state index in [1.807, 2.05) is 0 Å². The van der Waals surface area contributed by atoms with Crippen LogP contribution in [0.2, 0.25) is 0 Å². The van der Waals surface area contributed by atoms with Gasteiger partial charge < -0.3 is 16.0 Å². The van der Waals surface area contributed by atoms with Gasteiger partial charge in [-0.1, -0.05) is 0 Å². The highest BCUT2D eigenvalue weighted by Crippen LogP contribution is 1.92. The molecule has 0 rings (SSSR count). The first-order valence-electron chi connectivity index (χ1n) is 2.37. The van der Waals surface area contributed by atoms with Gasteiger partial charge in [-0.3, -0.25) is 4.18 Å². The third kappa shape index (κ3) is 5.48. The zero-order valence-corrected chi connectivity index (χ0v) is 6.13. The summed E-state index contributed by atoms with van der Waals surface area (Å²) >= 11 is -2.58. The van der Waals surface area contributed by atoms with Crippen molar-refractivity contribution in [2.75, 3.05) is 0 Å². The molecule has 0 saturated carbocycles. The maximum Gasteiger partial charge on any atom is 0.188 e. The third-order valence-corrected chi connectivity index (χ3v) is 0.984. The molecule has 10 heavy (non-hydrogen) atoms. The molecule has 0 aliphatic heterocycles. The molecule has 4 N–H and O–H groups in total. The van der Waals surface area contributed by atoms with Crippen LogP contribution in [0.5, 0.6) is 0 Å². The Morgan fingerprint density at radius 1 is 1.80 bits per heavy atom. The van der Waals surface area contributed by atoms with Gasteiger partial charge in [0.2, 0.25) is 0 Å². The predicted molar refractivity (Wildman–Crippen MR) is 35.3 cm³/mol. The van der Waals surface area contributed by atoms with E-state index in [0.29, 0.717) is 0 Å². The summed E-state index contributed by atoms with van der Waals surface area (Å²) in [6.07, 6.45) is -0.858. The predicted octanol–water partition coefficient (Wildman–Crippen LogP) is -1.58. The number of nitrogens with zero attached hydrogens (tertiary/aromatic N) is 1. The maximum absolute atomic E-state index is 9.82. The van der Waals surface area contributed by atoms with Gasteiger partial charge in [0.25, 0.3) is 0 Å². The summed E-state index contributed by atoms with van der Waals surface area (Å²) in [5.41, 5.74) is 9.83. The average Bonchev–Trinajstić information content (AvgIpc) is 1.58. The minimum atomic E-state index is -2.58. The molecule has 0 heterocycles. The monoisotopic (exact) mass is 166 g/mol. The van der Waals surface area contributed by atoms with Crippen molar-refractivity contribution in [3.63, 3.8) is 0 Å². The molecular formula is C3H8N3O3S-. The van der Waals surface area contributed by atoms with Crippen LogP contribution in [0.4, 0.5) is 0 Å². The van der Waals surface area contributed by atoms with E-state index < -0.39 is 17.6 Å². The molecule has 0 radical (unpaired) electrons. The molecule has 0 aromatic heterocycles. The molecule has 0 fully saturated rings. The first-order valence-corrected chi connectivity index (χ1v) is 3.37. The second kappa shape index (κ2) is 4.20. The van der Waals surface area contributed by atoms with Crippen molar-refractivity contribution in [3.8, 4) is 0 Å². The Hall–Kier alpha value is -0.660. The zero-order chi connectivity index (χ0) is 8.15. The molecule has 1 unspecified atom stereocenters. The highest BCUT2D eigenvalue weighted by molar-refractivity contribution is 7.74. The van der Waals surface area contributed by atoms with Gasteiger partial charge in [0.1, 0.15) is 0 Å². The lowest BCUT2D eigenvalue weighted by Gasteiger charge is -2.08. The second-order valence-electron chi connectivity index (χ2n) is 1.45. The number of hydrogen-bond donors (Lipinski definition) is 2. The summed E-state index contributed by atoms with van der Waals surface area (Å²) in [4.78, 5) is 3.37. The van der Waals surface area contributed by atoms with Crippen LogP contribution < -0.4 is 11.5 Å². The van der Waals surface area contributed by atoms with E-state index in [-0.39, 0.29) is 5.96 Å². The Labute approximate surface area is 60.7 Å². The fraction of sp³-hybridized carbons (Fsp3) is 0.667. The van der Waals surface area contributed by atoms with Gasteiger partial charge in [-0.25, -0.2) is 9.20 Å². The van der Waals surface area contributed by atoms with Gasteiger partial charge in [-0.05, 0) is 6.92 Å². The number of nitrogens with two attached hydrogens (primary N) is 2. The van der Waals surface area contributed by atoms with Crippen LogP contribution in [0, 0.1) is 0 Å². The molecule has 0 aromatic carbocycles. The van der Waals surface area contributed by atoms with Gasteiger partial charge >= 0.3 is 0 Å². The highest BCUT2D eigenvalue weighted by atomic mass is 32.2. The van der Waals surface area contributed by atoms with Gasteiger partial charge in [-0.15, -0.1) is 0 Å². The quantitative estimate of drug-likeness (QED) is 0.298. The highest BCUT2D eigenvalue weighted by Gasteiger charge is 1.97. The van der Waals surface area contributed by atoms with Crippen LogP contribution in [0.1, 0.15) is 6.92 Å². The van der Waals surface area contributed by atoms with E-state index in [0.717, 1.165) is 0 Å². The van der Waals surface area contributed by atoms with E-state index >= 15 is 0 Å². The average molecular weight is 166 g/mol. The first kappa shape index (κ1) is 9.34. The minimum absolute atomic E-state index is 0.210. The SMILES string of the molecule is C[C@@H](N=C(N)N)OS(=O)[O-]. The molecule has 0 aliphatic carbocycles. The molecule has 0 saturated heterocycles. The van der Waals surface area contributed by atoms with Crippen LogP contribution in [-0.4, -0.2) is 20.9 Å². The van der Waals surface area contributed by atoms with Gasteiger partial charge in [0, 0.05) is 0 Å². The lowest BCUT2D eigenvalue weighted by atomic mass is 10.7. The summed E-state index contributed by atoms with van der Waals surface area (Å²) in [5.74, 6) is -0.210. The normalized spacial score (nSPS) is 15.8. The molecule has 0 aromatic rings. The van der Waals surface area contributed by atoms with Crippen LogP contribution in [0.3, 0.4) is 0 Å². The van der Waals surface area contributed by atoms with E-state index in [9.17, 15) is 8.76 Å². The maximum atomic E-state index is 9.82. The molecule has 7 heteroatoms. The number of guanidine groups is 1. The minimum Gasteiger partial charge on any atom is -0.750 e. The zero-order valence-electron chi connectivity index (χ0n) is 5.31. The number of hydrogen-bond acceptors (Lipinski definition) is 4. The van der Waals surface area contributed by atoms with E-state index in [4.69, 9.17) is 11.5 Å². The van der Waals surface area contributed by atoms with Crippen molar-refractivity contribution >= 4 is 17.3 Å². The summed E-state index contributed by atoms with van der Waals surface area (Å²) in [7, 11) is 0. The third-order valence-electron chi connectivity index (χ3n) is 0.549. The number of aliphatic imine (C=N–C) groups is 1. The fourth-order valence-corrected chi connectivity index (χ4v) is 0.616. The fourth-order valence-electron chi connectivity index (χ4n) is 0.345. The van der Waals surface area contributed by atoms with Crippen LogP contribution in [0.25, 0.3) is 0 Å². The van der Waals surface area contributed by atoms with Gasteiger partial charge in [-0.2, -0.15) is 0 Å².